The van der Waals surface area contributed by atoms with Crippen molar-refractivity contribution < 1.29 is 23.7 Å². The van der Waals surface area contributed by atoms with Crippen LogP contribution in [0.25, 0.3) is 0 Å². The Hall–Kier alpha value is -2.22. The Bertz CT molecular complexity index is 644. The molecule has 0 spiro atoms. The van der Waals surface area contributed by atoms with Gasteiger partial charge in [-0.1, -0.05) is 0 Å². The molecule has 0 amide bonds. The number of nitro groups is 1. The van der Waals surface area contributed by atoms with Crippen LogP contribution in [0.2, 0.25) is 0 Å². The molecule has 7 nitrogen and oxygen atoms in total. The summed E-state index contributed by atoms with van der Waals surface area (Å²) < 4.78 is 19.2. The van der Waals surface area contributed by atoms with E-state index in [9.17, 15) is 19.3 Å². The highest BCUT2D eigenvalue weighted by molar-refractivity contribution is 5.75. The Labute approximate surface area is 145 Å². The van der Waals surface area contributed by atoms with E-state index in [2.05, 4.69) is 0 Å². The normalized spacial score (nSPS) is 18.6. The maximum absolute atomic E-state index is 13.7. The molecular formula is C17H23FN2O5. The monoisotopic (exact) mass is 354 g/mol. The molecule has 0 radical (unpaired) electrons. The standard InChI is InChI=1S/C17H23FN2O5/c1-17(2,3)16(21)25-19-8-4-5-12(10-19)11-24-15-9-13(20(22)23)6-7-14(15)18/h6-7,9,12H,4-5,8,10-11H2,1-3H3/t12-/m0/s1. The second-order valence-electron chi connectivity index (χ2n) is 7.21. The highest BCUT2D eigenvalue weighted by Gasteiger charge is 2.29. The molecule has 2 rings (SSSR count). The summed E-state index contributed by atoms with van der Waals surface area (Å²) in [5, 5.41) is 12.4. The van der Waals surface area contributed by atoms with Crippen LogP contribution in [-0.2, 0) is 9.63 Å². The van der Waals surface area contributed by atoms with Crippen LogP contribution >= 0.6 is 0 Å². The highest BCUT2D eigenvalue weighted by atomic mass is 19.1. The number of rotatable bonds is 5. The van der Waals surface area contributed by atoms with E-state index in [1.54, 1.807) is 25.8 Å². The van der Waals surface area contributed by atoms with Gasteiger partial charge >= 0.3 is 5.97 Å². The van der Waals surface area contributed by atoms with Crippen molar-refractivity contribution in [2.24, 2.45) is 11.3 Å². The molecule has 0 bridgehead atoms. The van der Waals surface area contributed by atoms with Crippen LogP contribution in [0.4, 0.5) is 10.1 Å². The molecule has 1 aromatic carbocycles. The number of hydroxylamine groups is 2. The van der Waals surface area contributed by atoms with Gasteiger partial charge in [0.2, 0.25) is 0 Å². The minimum absolute atomic E-state index is 0.0418. The molecule has 1 fully saturated rings. The summed E-state index contributed by atoms with van der Waals surface area (Å²) >= 11 is 0. The van der Waals surface area contributed by atoms with Crippen molar-refractivity contribution in [3.63, 3.8) is 0 Å². The predicted octanol–water partition coefficient (Wildman–Crippen LogP) is 3.33. The molecule has 1 aliphatic rings. The largest absolute Gasteiger partial charge is 0.490 e. The first-order valence-corrected chi connectivity index (χ1v) is 8.21. The zero-order valence-corrected chi connectivity index (χ0v) is 14.7. The molecule has 0 saturated carbocycles. The number of hydrogen-bond acceptors (Lipinski definition) is 6. The van der Waals surface area contributed by atoms with Crippen LogP contribution < -0.4 is 4.74 Å². The first-order valence-electron chi connectivity index (χ1n) is 8.21. The van der Waals surface area contributed by atoms with Crippen molar-refractivity contribution in [2.45, 2.75) is 33.6 Å². The average Bonchev–Trinajstić information content (AvgIpc) is 2.53. The number of carbonyl (C=O) groups is 1. The van der Waals surface area contributed by atoms with Crippen molar-refractivity contribution in [3.8, 4) is 5.75 Å². The maximum atomic E-state index is 13.7. The smallest absolute Gasteiger partial charge is 0.330 e. The molecule has 1 saturated heterocycles. The van der Waals surface area contributed by atoms with Crippen molar-refractivity contribution in [2.75, 3.05) is 19.7 Å². The molecule has 0 N–H and O–H groups in total. The zero-order valence-electron chi connectivity index (χ0n) is 14.7. The number of non-ortho nitro benzene ring substituents is 1. The highest BCUT2D eigenvalue weighted by Crippen LogP contribution is 2.26. The van der Waals surface area contributed by atoms with E-state index < -0.39 is 16.2 Å². The summed E-state index contributed by atoms with van der Waals surface area (Å²) in [6.07, 6.45) is 1.67. The summed E-state index contributed by atoms with van der Waals surface area (Å²) in [4.78, 5) is 27.5. The third kappa shape index (κ3) is 5.38. The van der Waals surface area contributed by atoms with Gasteiger partial charge in [-0.15, -0.1) is 5.06 Å². The van der Waals surface area contributed by atoms with Crippen LogP contribution in [-0.4, -0.2) is 35.7 Å². The Morgan fingerprint density at radius 2 is 2.16 bits per heavy atom. The fourth-order valence-corrected chi connectivity index (χ4v) is 2.42. The third-order valence-electron chi connectivity index (χ3n) is 3.91. The van der Waals surface area contributed by atoms with E-state index in [0.29, 0.717) is 13.1 Å². The number of carbonyl (C=O) groups excluding carboxylic acids is 1. The first-order chi connectivity index (χ1) is 11.7. The van der Waals surface area contributed by atoms with Gasteiger partial charge in [0, 0.05) is 25.1 Å². The number of halogens is 1. The van der Waals surface area contributed by atoms with Gasteiger partial charge in [0.25, 0.3) is 5.69 Å². The van der Waals surface area contributed by atoms with Crippen LogP contribution in [0.15, 0.2) is 18.2 Å². The fourth-order valence-electron chi connectivity index (χ4n) is 2.42. The minimum atomic E-state index is -0.641. The molecule has 25 heavy (non-hydrogen) atoms. The summed E-state index contributed by atoms with van der Waals surface area (Å²) in [7, 11) is 0. The predicted molar refractivity (Wildman–Crippen MR) is 88.4 cm³/mol. The lowest BCUT2D eigenvalue weighted by Crippen LogP contribution is -2.41. The Morgan fingerprint density at radius 3 is 2.80 bits per heavy atom. The molecule has 8 heteroatoms. The van der Waals surface area contributed by atoms with Crippen molar-refractivity contribution >= 4 is 11.7 Å². The number of ether oxygens (including phenoxy) is 1. The van der Waals surface area contributed by atoms with E-state index in [4.69, 9.17) is 9.57 Å². The van der Waals surface area contributed by atoms with Crippen LogP contribution in [0.5, 0.6) is 5.75 Å². The van der Waals surface area contributed by atoms with Gasteiger partial charge in [0.15, 0.2) is 11.6 Å². The van der Waals surface area contributed by atoms with Gasteiger partial charge in [-0.25, -0.2) is 9.18 Å². The molecular weight excluding hydrogens is 331 g/mol. The number of nitro benzene ring substituents is 1. The molecule has 1 heterocycles. The lowest BCUT2D eigenvalue weighted by Gasteiger charge is -2.32. The first kappa shape index (κ1) is 19.1. The summed E-state index contributed by atoms with van der Waals surface area (Å²) in [5.41, 5.74) is -0.809. The van der Waals surface area contributed by atoms with E-state index >= 15 is 0 Å². The SMILES string of the molecule is CC(C)(C)C(=O)ON1CCC[C@H](COc2cc([N+](=O)[O-])ccc2F)C1. The second-order valence-corrected chi connectivity index (χ2v) is 7.21. The van der Waals surface area contributed by atoms with Crippen molar-refractivity contribution in [3.05, 3.63) is 34.1 Å². The lowest BCUT2D eigenvalue weighted by molar-refractivity contribution is -0.385. The zero-order chi connectivity index (χ0) is 18.6. The number of hydrogen-bond donors (Lipinski definition) is 0. The quantitative estimate of drug-likeness (QED) is 0.596. The van der Waals surface area contributed by atoms with Gasteiger partial charge < -0.3 is 9.57 Å². The summed E-state index contributed by atoms with van der Waals surface area (Å²) in [6, 6.07) is 3.19. The molecule has 0 aliphatic carbocycles. The van der Waals surface area contributed by atoms with Gasteiger partial charge in [-0.3, -0.25) is 10.1 Å². The van der Waals surface area contributed by atoms with E-state index in [0.717, 1.165) is 31.0 Å². The molecule has 1 aliphatic heterocycles. The van der Waals surface area contributed by atoms with Crippen molar-refractivity contribution in [1.29, 1.82) is 0 Å². The van der Waals surface area contributed by atoms with Gasteiger partial charge in [-0.05, 0) is 39.7 Å². The van der Waals surface area contributed by atoms with E-state index in [1.807, 2.05) is 0 Å². The van der Waals surface area contributed by atoms with Crippen LogP contribution in [0, 0.1) is 27.3 Å². The topological polar surface area (TPSA) is 81.9 Å². The Balaban J connectivity index is 1.92. The van der Waals surface area contributed by atoms with Crippen LogP contribution in [0.3, 0.4) is 0 Å². The number of benzene rings is 1. The third-order valence-corrected chi connectivity index (χ3v) is 3.91. The minimum Gasteiger partial charge on any atom is -0.490 e. The van der Waals surface area contributed by atoms with E-state index in [-0.39, 0.29) is 29.9 Å². The number of nitrogens with zero attached hydrogens (tertiary/aromatic N) is 2. The fraction of sp³-hybridized carbons (Fsp3) is 0.588. The second kappa shape index (κ2) is 7.77. The van der Waals surface area contributed by atoms with E-state index in [1.165, 1.54) is 0 Å². The van der Waals surface area contributed by atoms with Crippen LogP contribution in [0.1, 0.15) is 33.6 Å². The van der Waals surface area contributed by atoms with Gasteiger partial charge in [0.1, 0.15) is 0 Å². The molecule has 0 aromatic heterocycles. The number of piperidine rings is 1. The molecule has 0 unspecified atom stereocenters. The average molecular weight is 354 g/mol. The summed E-state index contributed by atoms with van der Waals surface area (Å²) in [6.45, 7) is 6.67. The van der Waals surface area contributed by atoms with Gasteiger partial charge in [0.05, 0.1) is 23.0 Å². The molecule has 1 atom stereocenters. The molecule has 138 valence electrons. The van der Waals surface area contributed by atoms with Gasteiger partial charge in [-0.2, -0.15) is 0 Å². The Kier molecular flexibility index (Phi) is 5.94. The van der Waals surface area contributed by atoms with Crippen molar-refractivity contribution in [1.82, 2.24) is 5.06 Å². The maximum Gasteiger partial charge on any atom is 0.330 e. The lowest BCUT2D eigenvalue weighted by atomic mass is 9.97. The Morgan fingerprint density at radius 1 is 1.44 bits per heavy atom. The molecule has 1 aromatic rings. The summed E-state index contributed by atoms with van der Waals surface area (Å²) in [5.74, 6) is -1.05.